The summed E-state index contributed by atoms with van der Waals surface area (Å²) in [6.45, 7) is -0.775. The Morgan fingerprint density at radius 3 is 2.55 bits per heavy atom. The number of halogens is 5. The van der Waals surface area contributed by atoms with Gasteiger partial charge in [0.15, 0.2) is 0 Å². The van der Waals surface area contributed by atoms with E-state index in [1.807, 2.05) is 0 Å². The molecule has 0 amide bonds. The van der Waals surface area contributed by atoms with Gasteiger partial charge < -0.3 is 4.74 Å². The molecule has 0 fully saturated rings. The monoisotopic (exact) mass is 322 g/mol. The second-order valence-electron chi connectivity index (χ2n) is 4.52. The summed E-state index contributed by atoms with van der Waals surface area (Å²) >= 11 is 0. The first-order valence-corrected chi connectivity index (χ1v) is 6.07. The van der Waals surface area contributed by atoms with Crippen LogP contribution in [-0.2, 0) is 19.1 Å². The fourth-order valence-corrected chi connectivity index (χ4v) is 1.55. The van der Waals surface area contributed by atoms with Crippen molar-refractivity contribution in [2.24, 2.45) is 0 Å². The topological polar surface area (TPSA) is 52.8 Å². The SMILES string of the molecule is CC(F)(F)c1ccnc(OCc2ccn(CC(F)(F)F)n2)n1. The van der Waals surface area contributed by atoms with Crippen molar-refractivity contribution in [3.05, 3.63) is 35.9 Å². The number of ether oxygens (including phenoxy) is 1. The van der Waals surface area contributed by atoms with Gasteiger partial charge in [-0.3, -0.25) is 4.68 Å². The maximum atomic E-state index is 13.1. The van der Waals surface area contributed by atoms with Gasteiger partial charge in [0.25, 0.3) is 5.92 Å². The summed E-state index contributed by atoms with van der Waals surface area (Å²) in [6, 6.07) is 2.07. The Morgan fingerprint density at radius 1 is 1.18 bits per heavy atom. The lowest BCUT2D eigenvalue weighted by Gasteiger charge is -2.10. The molecule has 0 saturated carbocycles. The molecule has 2 rings (SSSR count). The molecule has 0 spiro atoms. The maximum Gasteiger partial charge on any atom is 0.408 e. The molecule has 22 heavy (non-hydrogen) atoms. The average molecular weight is 322 g/mol. The van der Waals surface area contributed by atoms with Gasteiger partial charge >= 0.3 is 12.2 Å². The lowest BCUT2D eigenvalue weighted by Crippen LogP contribution is -2.18. The molecule has 0 aliphatic heterocycles. The van der Waals surface area contributed by atoms with E-state index in [0.717, 1.165) is 18.5 Å². The Hall–Kier alpha value is -2.26. The fraction of sp³-hybridized carbons (Fsp3) is 0.417. The van der Waals surface area contributed by atoms with Gasteiger partial charge in [0.05, 0.1) is 5.69 Å². The number of rotatable bonds is 5. The highest BCUT2D eigenvalue weighted by Gasteiger charge is 2.28. The first-order chi connectivity index (χ1) is 10.1. The fourth-order valence-electron chi connectivity index (χ4n) is 1.55. The number of hydrogen-bond donors (Lipinski definition) is 0. The Labute approximate surface area is 121 Å². The van der Waals surface area contributed by atoms with Crippen LogP contribution < -0.4 is 4.74 Å². The summed E-state index contributed by atoms with van der Waals surface area (Å²) < 4.78 is 68.5. The van der Waals surface area contributed by atoms with Crippen LogP contribution in [0.5, 0.6) is 6.01 Å². The van der Waals surface area contributed by atoms with Gasteiger partial charge in [0.2, 0.25) is 0 Å². The molecule has 0 unspecified atom stereocenters. The van der Waals surface area contributed by atoms with E-state index in [9.17, 15) is 22.0 Å². The molecule has 0 N–H and O–H groups in total. The van der Waals surface area contributed by atoms with Crippen LogP contribution in [0.15, 0.2) is 24.5 Å². The summed E-state index contributed by atoms with van der Waals surface area (Å²) in [5.74, 6) is -3.14. The summed E-state index contributed by atoms with van der Waals surface area (Å²) in [5, 5.41) is 3.65. The van der Waals surface area contributed by atoms with Crippen molar-refractivity contribution >= 4 is 0 Å². The molecule has 0 aliphatic rings. The van der Waals surface area contributed by atoms with Gasteiger partial charge in [-0.15, -0.1) is 0 Å². The van der Waals surface area contributed by atoms with Crippen LogP contribution in [0.2, 0.25) is 0 Å². The van der Waals surface area contributed by atoms with Gasteiger partial charge in [-0.2, -0.15) is 32.0 Å². The minimum Gasteiger partial charge on any atom is -0.457 e. The van der Waals surface area contributed by atoms with Crippen molar-refractivity contribution < 1.29 is 26.7 Å². The molecule has 0 saturated heterocycles. The van der Waals surface area contributed by atoms with E-state index in [1.165, 1.54) is 6.07 Å². The molecule has 2 aromatic heterocycles. The second-order valence-corrected chi connectivity index (χ2v) is 4.52. The third-order valence-electron chi connectivity index (χ3n) is 2.47. The largest absolute Gasteiger partial charge is 0.457 e. The molecule has 2 aromatic rings. The van der Waals surface area contributed by atoms with E-state index >= 15 is 0 Å². The van der Waals surface area contributed by atoms with Gasteiger partial charge in [0.1, 0.15) is 18.8 Å². The van der Waals surface area contributed by atoms with Gasteiger partial charge in [-0.05, 0) is 12.1 Å². The van der Waals surface area contributed by atoms with Gasteiger partial charge in [-0.1, -0.05) is 0 Å². The minimum atomic E-state index is -4.38. The van der Waals surface area contributed by atoms with E-state index in [2.05, 4.69) is 15.1 Å². The van der Waals surface area contributed by atoms with Crippen LogP contribution in [0.4, 0.5) is 22.0 Å². The van der Waals surface area contributed by atoms with E-state index in [0.29, 0.717) is 11.6 Å². The zero-order valence-electron chi connectivity index (χ0n) is 11.3. The molecule has 5 nitrogen and oxygen atoms in total. The molecule has 0 aromatic carbocycles. The first-order valence-electron chi connectivity index (χ1n) is 6.07. The molecular weight excluding hydrogens is 311 g/mol. The predicted octanol–water partition coefficient (Wildman–Crippen LogP) is 2.93. The molecule has 10 heteroatoms. The number of aromatic nitrogens is 4. The van der Waals surface area contributed by atoms with Crippen molar-refractivity contribution in [2.45, 2.75) is 32.2 Å². The van der Waals surface area contributed by atoms with Crippen molar-refractivity contribution in [3.8, 4) is 6.01 Å². The lowest BCUT2D eigenvalue weighted by atomic mass is 10.3. The van der Waals surface area contributed by atoms with Gasteiger partial charge in [0, 0.05) is 19.3 Å². The first kappa shape index (κ1) is 16.1. The zero-order chi connectivity index (χ0) is 16.4. The highest BCUT2D eigenvalue weighted by molar-refractivity contribution is 5.10. The summed E-state index contributed by atoms with van der Waals surface area (Å²) in [6.07, 6.45) is -2.13. The zero-order valence-corrected chi connectivity index (χ0v) is 11.3. The number of alkyl halides is 5. The van der Waals surface area contributed by atoms with E-state index < -0.39 is 24.3 Å². The third kappa shape index (κ3) is 4.64. The molecule has 0 atom stereocenters. The average Bonchev–Trinajstić information content (AvgIpc) is 2.81. The lowest BCUT2D eigenvalue weighted by molar-refractivity contribution is -0.142. The third-order valence-corrected chi connectivity index (χ3v) is 2.47. The van der Waals surface area contributed by atoms with Crippen LogP contribution in [0.25, 0.3) is 0 Å². The summed E-state index contributed by atoms with van der Waals surface area (Å²) in [7, 11) is 0. The van der Waals surface area contributed by atoms with Crippen LogP contribution in [-0.4, -0.2) is 25.9 Å². The van der Waals surface area contributed by atoms with E-state index in [-0.39, 0.29) is 18.3 Å². The summed E-state index contributed by atoms with van der Waals surface area (Å²) in [5.41, 5.74) is -0.318. The molecule has 0 aliphatic carbocycles. The minimum absolute atomic E-state index is 0.196. The van der Waals surface area contributed by atoms with E-state index in [4.69, 9.17) is 4.74 Å². The van der Waals surface area contributed by atoms with Gasteiger partial charge in [-0.25, -0.2) is 4.98 Å². The maximum absolute atomic E-state index is 13.1. The van der Waals surface area contributed by atoms with Crippen LogP contribution in [0.1, 0.15) is 18.3 Å². The van der Waals surface area contributed by atoms with E-state index in [1.54, 1.807) is 0 Å². The molecule has 0 bridgehead atoms. The van der Waals surface area contributed by atoms with Crippen LogP contribution in [0, 0.1) is 0 Å². The predicted molar refractivity (Wildman–Crippen MR) is 64.2 cm³/mol. The molecule has 2 heterocycles. The Kier molecular flexibility index (Phi) is 4.29. The smallest absolute Gasteiger partial charge is 0.408 e. The number of nitrogens with zero attached hydrogens (tertiary/aromatic N) is 4. The van der Waals surface area contributed by atoms with Crippen molar-refractivity contribution in [1.29, 1.82) is 0 Å². The Balaban J connectivity index is 1.99. The highest BCUT2D eigenvalue weighted by Crippen LogP contribution is 2.25. The summed E-state index contributed by atoms with van der Waals surface area (Å²) in [4.78, 5) is 7.18. The normalized spacial score (nSPS) is 12.5. The Bertz CT molecular complexity index is 635. The van der Waals surface area contributed by atoms with Crippen molar-refractivity contribution in [1.82, 2.24) is 19.7 Å². The Morgan fingerprint density at radius 2 is 1.91 bits per heavy atom. The van der Waals surface area contributed by atoms with Crippen molar-refractivity contribution in [3.63, 3.8) is 0 Å². The second kappa shape index (κ2) is 5.85. The molecule has 0 radical (unpaired) electrons. The quantitative estimate of drug-likeness (QED) is 0.794. The molecule has 120 valence electrons. The van der Waals surface area contributed by atoms with Crippen LogP contribution in [0.3, 0.4) is 0 Å². The highest BCUT2D eigenvalue weighted by atomic mass is 19.4. The standard InChI is InChI=1S/C12H11F5N4O/c1-11(13,14)9-2-4-18-10(19-9)22-6-8-3-5-21(20-8)7-12(15,16)17/h2-5H,6-7H2,1H3. The number of hydrogen-bond acceptors (Lipinski definition) is 4. The molecular formula is C12H11F5N4O. The van der Waals surface area contributed by atoms with Crippen LogP contribution >= 0.6 is 0 Å². The van der Waals surface area contributed by atoms with Crippen molar-refractivity contribution in [2.75, 3.05) is 0 Å².